The summed E-state index contributed by atoms with van der Waals surface area (Å²) in [6.45, 7) is 5.26. The van der Waals surface area contributed by atoms with Crippen LogP contribution in [0.15, 0.2) is 53.7 Å². The van der Waals surface area contributed by atoms with Gasteiger partial charge in [-0.1, -0.05) is 48.2 Å². The molecule has 0 radical (unpaired) electrons. The molecule has 2 amide bonds. The molecule has 0 bridgehead atoms. The van der Waals surface area contributed by atoms with Crippen molar-refractivity contribution in [2.45, 2.75) is 38.5 Å². The van der Waals surface area contributed by atoms with E-state index in [0.717, 1.165) is 22.6 Å². The summed E-state index contributed by atoms with van der Waals surface area (Å²) in [7, 11) is 0. The van der Waals surface area contributed by atoms with Crippen LogP contribution in [-0.4, -0.2) is 50.4 Å². The van der Waals surface area contributed by atoms with Gasteiger partial charge in [0.1, 0.15) is 12.4 Å². The van der Waals surface area contributed by atoms with E-state index in [4.69, 9.17) is 10.6 Å². The predicted octanol–water partition coefficient (Wildman–Crippen LogP) is 3.16. The highest BCUT2D eigenvalue weighted by Gasteiger charge is 2.27. The van der Waals surface area contributed by atoms with Crippen molar-refractivity contribution in [3.05, 3.63) is 65.5 Å². The second-order valence-corrected chi connectivity index (χ2v) is 9.52. The van der Waals surface area contributed by atoms with Crippen molar-refractivity contribution in [2.24, 2.45) is 5.92 Å². The Hall–Kier alpha value is -3.53. The summed E-state index contributed by atoms with van der Waals surface area (Å²) < 4.78 is 7.28. The number of carbonyl (C=O) groups excluding carboxylic acids is 2. The molecular weight excluding hydrogens is 464 g/mol. The van der Waals surface area contributed by atoms with Crippen LogP contribution in [0.2, 0.25) is 0 Å². The van der Waals surface area contributed by atoms with Crippen molar-refractivity contribution in [2.75, 3.05) is 30.0 Å². The monoisotopic (exact) mass is 494 g/mol. The number of hydrogen-bond donors (Lipinski definition) is 2. The van der Waals surface area contributed by atoms with Gasteiger partial charge in [-0.05, 0) is 49.9 Å². The lowest BCUT2D eigenvalue weighted by Crippen LogP contribution is -2.42. The van der Waals surface area contributed by atoms with E-state index in [1.165, 1.54) is 16.4 Å². The van der Waals surface area contributed by atoms with Gasteiger partial charge < -0.3 is 20.8 Å². The molecular formula is C25H30N6O3S. The van der Waals surface area contributed by atoms with Crippen molar-refractivity contribution >= 4 is 29.3 Å². The smallest absolute Gasteiger partial charge is 0.233 e. The van der Waals surface area contributed by atoms with Crippen LogP contribution < -0.4 is 15.9 Å². The molecule has 0 saturated carbocycles. The molecule has 1 aromatic heterocycles. The van der Waals surface area contributed by atoms with Gasteiger partial charge in [0.05, 0.1) is 5.75 Å². The van der Waals surface area contributed by atoms with Gasteiger partial charge in [-0.15, -0.1) is 10.2 Å². The van der Waals surface area contributed by atoms with E-state index in [9.17, 15) is 9.59 Å². The van der Waals surface area contributed by atoms with E-state index in [1.54, 1.807) is 4.90 Å². The lowest BCUT2D eigenvalue weighted by atomic mass is 9.96. The number of benzene rings is 2. The zero-order chi connectivity index (χ0) is 24.8. The van der Waals surface area contributed by atoms with Crippen LogP contribution in [0.3, 0.4) is 0 Å². The van der Waals surface area contributed by atoms with E-state index in [0.29, 0.717) is 36.9 Å². The summed E-state index contributed by atoms with van der Waals surface area (Å²) >= 11 is 1.24. The molecule has 0 aliphatic carbocycles. The molecule has 10 heteroatoms. The number of anilines is 1. The normalized spacial score (nSPS) is 14.1. The summed E-state index contributed by atoms with van der Waals surface area (Å²) in [5.74, 6) is 7.53. The summed E-state index contributed by atoms with van der Waals surface area (Å²) in [6, 6.07) is 15.4. The highest BCUT2D eigenvalue weighted by molar-refractivity contribution is 7.99. The Kier molecular flexibility index (Phi) is 7.91. The highest BCUT2D eigenvalue weighted by atomic mass is 32.2. The number of nitrogens with two attached hydrogens (primary N) is 1. The fourth-order valence-corrected chi connectivity index (χ4v) is 4.82. The number of carbonyl (C=O) groups is 2. The molecule has 3 aromatic rings. The minimum atomic E-state index is -0.0986. The second-order valence-electron chi connectivity index (χ2n) is 8.58. The molecule has 2 heterocycles. The number of para-hydroxylation sites is 2. The number of piperidine rings is 1. The Morgan fingerprint density at radius 1 is 1.06 bits per heavy atom. The number of aryl methyl sites for hydroxylation is 2. The molecule has 1 aliphatic heterocycles. The van der Waals surface area contributed by atoms with E-state index in [1.807, 2.05) is 62.4 Å². The predicted molar refractivity (Wildman–Crippen MR) is 136 cm³/mol. The van der Waals surface area contributed by atoms with Gasteiger partial charge in [-0.25, -0.2) is 4.68 Å². The highest BCUT2D eigenvalue weighted by Crippen LogP contribution is 2.24. The molecule has 1 saturated heterocycles. The Bertz CT molecular complexity index is 1150. The van der Waals surface area contributed by atoms with Gasteiger partial charge in [0, 0.05) is 24.7 Å². The third-order valence-corrected chi connectivity index (χ3v) is 7.00. The van der Waals surface area contributed by atoms with Crippen molar-refractivity contribution in [1.29, 1.82) is 0 Å². The Labute approximate surface area is 209 Å². The zero-order valence-corrected chi connectivity index (χ0v) is 20.8. The molecule has 3 N–H and O–H groups in total. The van der Waals surface area contributed by atoms with Crippen molar-refractivity contribution in [3.8, 4) is 5.75 Å². The molecule has 0 spiro atoms. The van der Waals surface area contributed by atoms with Crippen LogP contribution in [0.1, 0.15) is 29.8 Å². The van der Waals surface area contributed by atoms with Gasteiger partial charge in [-0.3, -0.25) is 9.59 Å². The molecule has 2 aromatic carbocycles. The molecule has 9 nitrogen and oxygen atoms in total. The molecule has 0 atom stereocenters. The molecule has 0 unspecified atom stereocenters. The number of nitrogen functional groups attached to an aromatic ring is 1. The number of amides is 2. The van der Waals surface area contributed by atoms with Crippen LogP contribution >= 0.6 is 11.8 Å². The topological polar surface area (TPSA) is 115 Å². The van der Waals surface area contributed by atoms with Crippen LogP contribution in [0.5, 0.6) is 5.75 Å². The maximum atomic E-state index is 12.7. The average molecular weight is 495 g/mol. The molecule has 35 heavy (non-hydrogen) atoms. The third-order valence-electron chi connectivity index (χ3n) is 6.07. The second kappa shape index (κ2) is 11.3. The fourth-order valence-electron chi connectivity index (χ4n) is 4.04. The average Bonchev–Trinajstić information content (AvgIpc) is 3.22. The van der Waals surface area contributed by atoms with E-state index in [2.05, 4.69) is 15.5 Å². The van der Waals surface area contributed by atoms with Gasteiger partial charge in [0.15, 0.2) is 5.82 Å². The number of ether oxygens (including phenoxy) is 1. The van der Waals surface area contributed by atoms with Crippen molar-refractivity contribution in [3.63, 3.8) is 0 Å². The van der Waals surface area contributed by atoms with E-state index >= 15 is 0 Å². The van der Waals surface area contributed by atoms with Crippen molar-refractivity contribution in [1.82, 2.24) is 19.8 Å². The van der Waals surface area contributed by atoms with Crippen molar-refractivity contribution < 1.29 is 14.3 Å². The van der Waals surface area contributed by atoms with Gasteiger partial charge in [0.2, 0.25) is 17.0 Å². The molecule has 184 valence electrons. The minimum Gasteiger partial charge on any atom is -0.485 e. The number of rotatable bonds is 8. The Balaban J connectivity index is 1.23. The maximum Gasteiger partial charge on any atom is 0.233 e. The number of likely N-dealkylation sites (tertiary alicyclic amines) is 1. The quantitative estimate of drug-likeness (QED) is 0.365. The Morgan fingerprint density at radius 3 is 2.43 bits per heavy atom. The first-order valence-corrected chi connectivity index (χ1v) is 12.6. The summed E-state index contributed by atoms with van der Waals surface area (Å²) in [6.07, 6.45) is 1.28. The number of nitrogens with one attached hydrogen (secondary N) is 1. The number of aromatic nitrogens is 3. The third kappa shape index (κ3) is 6.13. The summed E-state index contributed by atoms with van der Waals surface area (Å²) in [5.41, 5.74) is 2.86. The first-order valence-electron chi connectivity index (χ1n) is 11.6. The van der Waals surface area contributed by atoms with Crippen LogP contribution in [-0.2, 0) is 16.2 Å². The number of thioether (sulfide) groups is 1. The minimum absolute atomic E-state index is 0.00421. The SMILES string of the molecule is Cc1cccc(C)c1OCc1nnc(SCC(=O)N2CCC(C(=O)Nc3ccccc3)CC2)n1N. The fraction of sp³-hybridized carbons (Fsp3) is 0.360. The first kappa shape index (κ1) is 24.6. The zero-order valence-electron chi connectivity index (χ0n) is 19.9. The summed E-state index contributed by atoms with van der Waals surface area (Å²) in [5, 5.41) is 11.6. The number of nitrogens with zero attached hydrogens (tertiary/aromatic N) is 4. The van der Waals surface area contributed by atoms with Gasteiger partial charge >= 0.3 is 0 Å². The maximum absolute atomic E-state index is 12.7. The number of hydrogen-bond acceptors (Lipinski definition) is 7. The molecule has 1 fully saturated rings. The lowest BCUT2D eigenvalue weighted by molar-refractivity contribution is -0.132. The van der Waals surface area contributed by atoms with Gasteiger partial charge in [0.25, 0.3) is 0 Å². The van der Waals surface area contributed by atoms with Crippen LogP contribution in [0, 0.1) is 19.8 Å². The van der Waals surface area contributed by atoms with Gasteiger partial charge in [-0.2, -0.15) is 0 Å². The largest absolute Gasteiger partial charge is 0.485 e. The van der Waals surface area contributed by atoms with Crippen LogP contribution in [0.4, 0.5) is 5.69 Å². The molecule has 1 aliphatic rings. The van der Waals surface area contributed by atoms with E-state index < -0.39 is 0 Å². The first-order chi connectivity index (χ1) is 16.9. The lowest BCUT2D eigenvalue weighted by Gasteiger charge is -2.31. The summed E-state index contributed by atoms with van der Waals surface area (Å²) in [4.78, 5) is 27.0. The van der Waals surface area contributed by atoms with Crippen LogP contribution in [0.25, 0.3) is 0 Å². The standard InChI is InChI=1S/C25H30N6O3S/c1-17-7-6-8-18(2)23(17)34-15-21-28-29-25(31(21)26)35-16-22(32)30-13-11-19(12-14-30)24(33)27-20-9-4-3-5-10-20/h3-10,19H,11-16,26H2,1-2H3,(H,27,33). The Morgan fingerprint density at radius 2 is 1.74 bits per heavy atom. The molecule has 4 rings (SSSR count). The van der Waals surface area contributed by atoms with E-state index in [-0.39, 0.29) is 30.1 Å².